The van der Waals surface area contributed by atoms with Crippen LogP contribution in [0.1, 0.15) is 25.7 Å². The van der Waals surface area contributed by atoms with E-state index in [1.54, 1.807) is 0 Å². The highest BCUT2D eigenvalue weighted by Crippen LogP contribution is 2.38. The van der Waals surface area contributed by atoms with Gasteiger partial charge in [0.25, 0.3) is 5.91 Å². The highest BCUT2D eigenvalue weighted by molar-refractivity contribution is 6.09. The summed E-state index contributed by atoms with van der Waals surface area (Å²) in [6, 6.07) is -0.297. The number of nitrogens with one attached hydrogen (secondary N) is 1. The van der Waals surface area contributed by atoms with Gasteiger partial charge in [0, 0.05) is 11.7 Å². The molecule has 17 heavy (non-hydrogen) atoms. The molecule has 1 heterocycles. The minimum absolute atomic E-state index is 0.0232. The molecule has 3 rings (SSSR count). The summed E-state index contributed by atoms with van der Waals surface area (Å²) in [6.45, 7) is 0. The standard InChI is InChI=1S/C12H15N3O2/c13-8-6-12(7-8)10(16)15(11(17)14-12)9-4-2-1-3-5-9/h2,4-5,8H,1,3,6-7,13H2,(H,14,17). The summed E-state index contributed by atoms with van der Waals surface area (Å²) in [5, 5.41) is 2.78. The predicted molar refractivity (Wildman–Crippen MR) is 61.8 cm³/mol. The number of hydrogen-bond donors (Lipinski definition) is 2. The molecule has 0 radical (unpaired) electrons. The van der Waals surface area contributed by atoms with Crippen LogP contribution in [0.25, 0.3) is 0 Å². The Hall–Kier alpha value is -1.62. The average molecular weight is 233 g/mol. The van der Waals surface area contributed by atoms with Gasteiger partial charge in [0.15, 0.2) is 0 Å². The third-order valence-electron chi connectivity index (χ3n) is 3.62. The Bertz CT molecular complexity index is 447. The lowest BCUT2D eigenvalue weighted by atomic mass is 9.73. The topological polar surface area (TPSA) is 75.4 Å². The SMILES string of the molecule is NC1CC2(C1)NC(=O)N(C1=CCCC=C1)C2=O. The Kier molecular flexibility index (Phi) is 2.13. The van der Waals surface area contributed by atoms with Crippen molar-refractivity contribution in [3.05, 3.63) is 23.9 Å². The van der Waals surface area contributed by atoms with Gasteiger partial charge < -0.3 is 11.1 Å². The zero-order valence-electron chi connectivity index (χ0n) is 9.48. The summed E-state index contributed by atoms with van der Waals surface area (Å²) < 4.78 is 0. The van der Waals surface area contributed by atoms with Gasteiger partial charge in [0.2, 0.25) is 0 Å². The quantitative estimate of drug-likeness (QED) is 0.652. The first-order valence-corrected chi connectivity index (χ1v) is 5.91. The lowest BCUT2D eigenvalue weighted by Gasteiger charge is -2.40. The molecule has 0 atom stereocenters. The maximum Gasteiger partial charge on any atom is 0.329 e. The molecule has 2 aliphatic carbocycles. The molecule has 5 nitrogen and oxygen atoms in total. The molecule has 0 unspecified atom stereocenters. The molecule has 2 fully saturated rings. The average Bonchev–Trinajstić information content (AvgIpc) is 2.52. The first kappa shape index (κ1) is 10.5. The number of nitrogens with two attached hydrogens (primary N) is 1. The van der Waals surface area contributed by atoms with E-state index in [0.717, 1.165) is 12.8 Å². The van der Waals surface area contributed by atoms with Crippen LogP contribution in [0.15, 0.2) is 23.9 Å². The van der Waals surface area contributed by atoms with Crippen LogP contribution in [0.4, 0.5) is 4.79 Å². The van der Waals surface area contributed by atoms with Gasteiger partial charge in [0.1, 0.15) is 5.54 Å². The van der Waals surface area contributed by atoms with Crippen LogP contribution < -0.4 is 11.1 Å². The molecule has 3 N–H and O–H groups in total. The summed E-state index contributed by atoms with van der Waals surface area (Å²) in [7, 11) is 0. The molecule has 1 spiro atoms. The van der Waals surface area contributed by atoms with E-state index < -0.39 is 5.54 Å². The number of carbonyl (C=O) groups is 2. The van der Waals surface area contributed by atoms with Gasteiger partial charge in [-0.15, -0.1) is 0 Å². The summed E-state index contributed by atoms with van der Waals surface area (Å²) in [4.78, 5) is 25.4. The number of amides is 3. The van der Waals surface area contributed by atoms with Crippen molar-refractivity contribution in [2.75, 3.05) is 0 Å². The molecule has 5 heteroatoms. The summed E-state index contributed by atoms with van der Waals surface area (Å²) in [5.41, 5.74) is 5.69. The van der Waals surface area contributed by atoms with E-state index in [2.05, 4.69) is 5.32 Å². The molecule has 3 amide bonds. The second kappa shape index (κ2) is 3.43. The second-order valence-electron chi connectivity index (χ2n) is 4.93. The van der Waals surface area contributed by atoms with E-state index >= 15 is 0 Å². The van der Waals surface area contributed by atoms with Crippen molar-refractivity contribution < 1.29 is 9.59 Å². The second-order valence-corrected chi connectivity index (χ2v) is 4.93. The first-order chi connectivity index (χ1) is 8.12. The van der Waals surface area contributed by atoms with E-state index in [1.165, 1.54) is 4.90 Å². The lowest BCUT2D eigenvalue weighted by molar-refractivity contribution is -0.133. The van der Waals surface area contributed by atoms with Gasteiger partial charge in [-0.1, -0.05) is 12.2 Å². The molecule has 1 saturated carbocycles. The number of carbonyl (C=O) groups excluding carboxylic acids is 2. The molecular weight excluding hydrogens is 218 g/mol. The van der Waals surface area contributed by atoms with Gasteiger partial charge >= 0.3 is 6.03 Å². The van der Waals surface area contributed by atoms with Gasteiger partial charge in [-0.05, 0) is 31.8 Å². The lowest BCUT2D eigenvalue weighted by Crippen LogP contribution is -2.61. The van der Waals surface area contributed by atoms with Crippen molar-refractivity contribution in [1.82, 2.24) is 10.2 Å². The van der Waals surface area contributed by atoms with Crippen molar-refractivity contribution in [2.45, 2.75) is 37.3 Å². The normalized spacial score (nSPS) is 35.9. The largest absolute Gasteiger partial charge is 0.329 e. The first-order valence-electron chi connectivity index (χ1n) is 5.91. The number of urea groups is 1. The zero-order chi connectivity index (χ0) is 12.0. The Labute approximate surface area is 99.3 Å². The number of nitrogens with zero attached hydrogens (tertiary/aromatic N) is 1. The third kappa shape index (κ3) is 1.42. The number of imide groups is 1. The van der Waals surface area contributed by atoms with E-state index in [9.17, 15) is 9.59 Å². The molecular formula is C12H15N3O2. The van der Waals surface area contributed by atoms with Crippen LogP contribution in [-0.4, -0.2) is 28.4 Å². The van der Waals surface area contributed by atoms with Gasteiger partial charge in [-0.25, -0.2) is 9.69 Å². The van der Waals surface area contributed by atoms with Crippen LogP contribution in [0, 0.1) is 0 Å². The highest BCUT2D eigenvalue weighted by atomic mass is 16.2. The molecule has 0 aromatic rings. The monoisotopic (exact) mass is 233 g/mol. The fourth-order valence-corrected chi connectivity index (χ4v) is 2.73. The highest BCUT2D eigenvalue weighted by Gasteiger charge is 2.58. The van der Waals surface area contributed by atoms with Crippen molar-refractivity contribution in [1.29, 1.82) is 0 Å². The van der Waals surface area contributed by atoms with E-state index in [0.29, 0.717) is 18.5 Å². The van der Waals surface area contributed by atoms with Gasteiger partial charge in [-0.3, -0.25) is 4.79 Å². The van der Waals surface area contributed by atoms with Gasteiger partial charge in [-0.2, -0.15) is 0 Å². The number of allylic oxidation sites excluding steroid dienone is 3. The Morgan fingerprint density at radius 3 is 2.71 bits per heavy atom. The zero-order valence-corrected chi connectivity index (χ0v) is 9.48. The van der Waals surface area contributed by atoms with E-state index in [-0.39, 0.29) is 18.0 Å². The third-order valence-corrected chi connectivity index (χ3v) is 3.62. The minimum atomic E-state index is -0.720. The summed E-state index contributed by atoms with van der Waals surface area (Å²) in [5.74, 6) is -0.151. The van der Waals surface area contributed by atoms with Crippen molar-refractivity contribution in [3.63, 3.8) is 0 Å². The molecule has 0 aromatic heterocycles. The van der Waals surface area contributed by atoms with Crippen molar-refractivity contribution in [2.24, 2.45) is 5.73 Å². The number of hydrogen-bond acceptors (Lipinski definition) is 3. The predicted octanol–water partition coefficient (Wildman–Crippen LogP) is 0.632. The van der Waals surface area contributed by atoms with Crippen LogP contribution in [0.3, 0.4) is 0 Å². The summed E-state index contributed by atoms with van der Waals surface area (Å²) in [6.07, 6.45) is 8.66. The maximum atomic E-state index is 12.3. The van der Waals surface area contributed by atoms with Crippen LogP contribution in [-0.2, 0) is 4.79 Å². The van der Waals surface area contributed by atoms with Crippen LogP contribution >= 0.6 is 0 Å². The molecule has 90 valence electrons. The smallest absolute Gasteiger partial charge is 0.327 e. The van der Waals surface area contributed by atoms with Crippen molar-refractivity contribution in [3.8, 4) is 0 Å². The van der Waals surface area contributed by atoms with E-state index in [1.807, 2.05) is 18.2 Å². The van der Waals surface area contributed by atoms with Crippen LogP contribution in [0.5, 0.6) is 0 Å². The Morgan fingerprint density at radius 2 is 2.12 bits per heavy atom. The maximum absolute atomic E-state index is 12.3. The van der Waals surface area contributed by atoms with Crippen molar-refractivity contribution >= 4 is 11.9 Å². The fourth-order valence-electron chi connectivity index (χ4n) is 2.73. The van der Waals surface area contributed by atoms with Crippen LogP contribution in [0.2, 0.25) is 0 Å². The molecule has 1 saturated heterocycles. The fraction of sp³-hybridized carbons (Fsp3) is 0.500. The Morgan fingerprint density at radius 1 is 1.35 bits per heavy atom. The van der Waals surface area contributed by atoms with Gasteiger partial charge in [0.05, 0.1) is 0 Å². The van der Waals surface area contributed by atoms with E-state index in [4.69, 9.17) is 5.73 Å². The molecule has 0 aromatic carbocycles. The Balaban J connectivity index is 1.87. The number of rotatable bonds is 1. The molecule has 3 aliphatic rings. The summed E-state index contributed by atoms with van der Waals surface area (Å²) >= 11 is 0. The minimum Gasteiger partial charge on any atom is -0.327 e. The molecule has 0 bridgehead atoms. The molecule has 1 aliphatic heterocycles.